The summed E-state index contributed by atoms with van der Waals surface area (Å²) in [4.78, 5) is 0. The molecule has 0 aromatic heterocycles. The lowest BCUT2D eigenvalue weighted by atomic mass is 9.70. The van der Waals surface area contributed by atoms with Crippen LogP contribution in [0.15, 0.2) is 12.1 Å². The minimum atomic E-state index is -0.916. The van der Waals surface area contributed by atoms with Gasteiger partial charge in [0.2, 0.25) is 0 Å². The highest BCUT2D eigenvalue weighted by molar-refractivity contribution is 6.31. The summed E-state index contributed by atoms with van der Waals surface area (Å²) < 4.78 is 26.5. The van der Waals surface area contributed by atoms with E-state index in [1.54, 1.807) is 0 Å². The minimum Gasteiger partial charge on any atom is -0.393 e. The lowest BCUT2D eigenvalue weighted by Crippen LogP contribution is -2.52. The molecule has 1 saturated carbocycles. The van der Waals surface area contributed by atoms with Crippen molar-refractivity contribution in [2.75, 3.05) is 0 Å². The Hall–Kier alpha value is -0.710. The van der Waals surface area contributed by atoms with Gasteiger partial charge < -0.3 is 10.8 Å². The van der Waals surface area contributed by atoms with Gasteiger partial charge in [-0.2, -0.15) is 0 Å². The van der Waals surface area contributed by atoms with Crippen LogP contribution in [0.25, 0.3) is 0 Å². The van der Waals surface area contributed by atoms with E-state index in [0.29, 0.717) is 0 Å². The number of halogens is 3. The van der Waals surface area contributed by atoms with E-state index >= 15 is 0 Å². The number of hydrogen-bond donors (Lipinski definition) is 2. The molecule has 0 heterocycles. The molecule has 0 spiro atoms. The smallest absolute Gasteiger partial charge is 0.149 e. The summed E-state index contributed by atoms with van der Waals surface area (Å²) >= 11 is 5.44. The normalized spacial score (nSPS) is 30.1. The van der Waals surface area contributed by atoms with Crippen molar-refractivity contribution in [1.29, 1.82) is 0 Å². The standard InChI is InChI=1S/C10H10ClF2NO/c11-8-7(12)2-1-6(9(8)13)10(14)3-5(15)4-10/h1-2,5,15H,3-4,14H2. The second kappa shape index (κ2) is 3.40. The molecule has 3 N–H and O–H groups in total. The lowest BCUT2D eigenvalue weighted by molar-refractivity contribution is 0.0192. The van der Waals surface area contributed by atoms with Crippen LogP contribution in [0.1, 0.15) is 18.4 Å². The summed E-state index contributed by atoms with van der Waals surface area (Å²) in [5.74, 6) is -1.63. The van der Waals surface area contributed by atoms with Gasteiger partial charge in [0, 0.05) is 11.1 Å². The maximum absolute atomic E-state index is 13.6. The van der Waals surface area contributed by atoms with Crippen molar-refractivity contribution >= 4 is 11.6 Å². The third-order valence-electron chi connectivity index (χ3n) is 2.77. The average molecular weight is 234 g/mol. The van der Waals surface area contributed by atoms with Crippen LogP contribution in [-0.4, -0.2) is 11.2 Å². The molecule has 5 heteroatoms. The maximum Gasteiger partial charge on any atom is 0.149 e. The van der Waals surface area contributed by atoms with Crippen LogP contribution < -0.4 is 5.73 Å². The van der Waals surface area contributed by atoms with Crippen molar-refractivity contribution in [3.8, 4) is 0 Å². The summed E-state index contributed by atoms with van der Waals surface area (Å²) in [6, 6.07) is 2.36. The molecular weight excluding hydrogens is 224 g/mol. The first-order chi connectivity index (χ1) is 6.94. The van der Waals surface area contributed by atoms with E-state index in [1.165, 1.54) is 6.07 Å². The minimum absolute atomic E-state index is 0.166. The molecule has 0 unspecified atom stereocenters. The molecule has 15 heavy (non-hydrogen) atoms. The summed E-state index contributed by atoms with van der Waals surface area (Å²) in [5.41, 5.74) is 5.10. The molecule has 1 aromatic rings. The van der Waals surface area contributed by atoms with Crippen LogP contribution in [-0.2, 0) is 5.54 Å². The summed E-state index contributed by atoms with van der Waals surface area (Å²) in [7, 11) is 0. The van der Waals surface area contributed by atoms with E-state index < -0.39 is 28.3 Å². The third kappa shape index (κ3) is 1.62. The Kier molecular flexibility index (Phi) is 2.45. The molecule has 2 rings (SSSR count). The van der Waals surface area contributed by atoms with Gasteiger partial charge in [-0.15, -0.1) is 0 Å². The summed E-state index contributed by atoms with van der Waals surface area (Å²) in [5, 5.41) is 8.61. The van der Waals surface area contributed by atoms with Crippen LogP contribution in [0.3, 0.4) is 0 Å². The van der Waals surface area contributed by atoms with Crippen molar-refractivity contribution < 1.29 is 13.9 Å². The quantitative estimate of drug-likeness (QED) is 0.728. The van der Waals surface area contributed by atoms with E-state index in [4.69, 9.17) is 22.4 Å². The fourth-order valence-corrected chi connectivity index (χ4v) is 2.08. The second-order valence-corrected chi connectivity index (χ2v) is 4.32. The highest BCUT2D eigenvalue weighted by Crippen LogP contribution is 2.41. The number of benzene rings is 1. The maximum atomic E-state index is 13.6. The first-order valence-corrected chi connectivity index (χ1v) is 4.93. The van der Waals surface area contributed by atoms with Gasteiger partial charge in [0.25, 0.3) is 0 Å². The number of nitrogens with two attached hydrogens (primary N) is 1. The van der Waals surface area contributed by atoms with E-state index in [9.17, 15) is 8.78 Å². The SMILES string of the molecule is NC1(c2ccc(F)c(Cl)c2F)CC(O)C1. The monoisotopic (exact) mass is 233 g/mol. The Morgan fingerprint density at radius 3 is 2.53 bits per heavy atom. The van der Waals surface area contributed by atoms with Crippen LogP contribution in [0, 0.1) is 11.6 Å². The highest BCUT2D eigenvalue weighted by Gasteiger charge is 2.43. The van der Waals surface area contributed by atoms with Crippen molar-refractivity contribution in [2.45, 2.75) is 24.5 Å². The molecule has 1 aliphatic rings. The van der Waals surface area contributed by atoms with E-state index in [-0.39, 0.29) is 18.4 Å². The zero-order chi connectivity index (χ0) is 11.2. The van der Waals surface area contributed by atoms with Crippen LogP contribution >= 0.6 is 11.6 Å². The number of aliphatic hydroxyl groups excluding tert-OH is 1. The summed E-state index contributed by atoms with van der Waals surface area (Å²) in [6.07, 6.45) is 0.0239. The fraction of sp³-hybridized carbons (Fsp3) is 0.400. The van der Waals surface area contributed by atoms with Gasteiger partial charge >= 0.3 is 0 Å². The largest absolute Gasteiger partial charge is 0.393 e. The Bertz CT molecular complexity index is 405. The molecule has 0 bridgehead atoms. The first-order valence-electron chi connectivity index (χ1n) is 4.55. The number of hydrogen-bond acceptors (Lipinski definition) is 2. The van der Waals surface area contributed by atoms with Gasteiger partial charge in [-0.05, 0) is 18.9 Å². The predicted octanol–water partition coefficient (Wildman–Crippen LogP) is 1.93. The van der Waals surface area contributed by atoms with Gasteiger partial charge in [-0.3, -0.25) is 0 Å². The molecule has 0 aliphatic heterocycles. The molecule has 1 aliphatic carbocycles. The Morgan fingerprint density at radius 1 is 1.40 bits per heavy atom. The van der Waals surface area contributed by atoms with Gasteiger partial charge in [-0.25, -0.2) is 8.78 Å². The van der Waals surface area contributed by atoms with Crippen molar-refractivity contribution in [2.24, 2.45) is 5.73 Å². The van der Waals surface area contributed by atoms with Crippen LogP contribution in [0.2, 0.25) is 5.02 Å². The predicted molar refractivity (Wildman–Crippen MR) is 52.5 cm³/mol. The molecular formula is C10H10ClF2NO. The van der Waals surface area contributed by atoms with Crippen molar-refractivity contribution in [1.82, 2.24) is 0 Å². The Labute approximate surface area is 90.7 Å². The van der Waals surface area contributed by atoms with Gasteiger partial charge in [0.05, 0.1) is 6.10 Å². The van der Waals surface area contributed by atoms with E-state index in [0.717, 1.165) is 6.07 Å². The van der Waals surface area contributed by atoms with Crippen LogP contribution in [0.5, 0.6) is 0 Å². The molecule has 0 saturated heterocycles. The zero-order valence-corrected chi connectivity index (χ0v) is 8.56. The van der Waals surface area contributed by atoms with Gasteiger partial charge in [0.15, 0.2) is 0 Å². The third-order valence-corrected chi connectivity index (χ3v) is 3.12. The molecule has 0 radical (unpaired) electrons. The topological polar surface area (TPSA) is 46.2 Å². The van der Waals surface area contributed by atoms with Crippen molar-refractivity contribution in [3.63, 3.8) is 0 Å². The van der Waals surface area contributed by atoms with E-state index in [2.05, 4.69) is 0 Å². The van der Waals surface area contributed by atoms with Gasteiger partial charge in [-0.1, -0.05) is 17.7 Å². The molecule has 82 valence electrons. The van der Waals surface area contributed by atoms with E-state index in [1.807, 2.05) is 0 Å². The highest BCUT2D eigenvalue weighted by atomic mass is 35.5. The summed E-state index contributed by atoms with van der Waals surface area (Å²) in [6.45, 7) is 0. The lowest BCUT2D eigenvalue weighted by Gasteiger charge is -2.42. The zero-order valence-electron chi connectivity index (χ0n) is 7.80. The fourth-order valence-electron chi connectivity index (χ4n) is 1.91. The number of aliphatic hydroxyl groups is 1. The molecule has 0 amide bonds. The molecule has 2 nitrogen and oxygen atoms in total. The average Bonchev–Trinajstić information content (AvgIpc) is 2.12. The van der Waals surface area contributed by atoms with Crippen molar-refractivity contribution in [3.05, 3.63) is 34.4 Å². The van der Waals surface area contributed by atoms with Crippen LogP contribution in [0.4, 0.5) is 8.78 Å². The molecule has 1 fully saturated rings. The molecule has 1 aromatic carbocycles. The number of rotatable bonds is 1. The Balaban J connectivity index is 2.42. The Morgan fingerprint density at radius 2 is 2.00 bits per heavy atom. The second-order valence-electron chi connectivity index (χ2n) is 3.94. The van der Waals surface area contributed by atoms with Gasteiger partial charge in [0.1, 0.15) is 16.7 Å². The first kappa shape index (κ1) is 10.8. The molecule has 0 atom stereocenters.